The van der Waals surface area contributed by atoms with Gasteiger partial charge in [0.25, 0.3) is 5.91 Å². The normalized spacial score (nSPS) is 12.4. The summed E-state index contributed by atoms with van der Waals surface area (Å²) in [4.78, 5) is 17.2. The molecule has 37 heavy (non-hydrogen) atoms. The molecule has 0 saturated carbocycles. The molecule has 0 bridgehead atoms. The predicted octanol–water partition coefficient (Wildman–Crippen LogP) is 2.10. The van der Waals surface area contributed by atoms with Crippen molar-refractivity contribution in [3.63, 3.8) is 0 Å². The molecule has 0 aliphatic rings. The van der Waals surface area contributed by atoms with Crippen LogP contribution in [0, 0.1) is 22.7 Å². The zero-order valence-corrected chi connectivity index (χ0v) is 21.9. The first kappa shape index (κ1) is 27.9. The highest BCUT2D eigenvalue weighted by Gasteiger charge is 2.24. The second-order valence-corrected chi connectivity index (χ2v) is 12.1. The molecule has 0 aliphatic heterocycles. The molecule has 3 rings (SSSR count). The Bertz CT molecular complexity index is 1690. The lowest BCUT2D eigenvalue weighted by molar-refractivity contribution is 0.0997. The number of hydrogen-bond donors (Lipinski definition) is 1. The minimum absolute atomic E-state index is 0.0291. The summed E-state index contributed by atoms with van der Waals surface area (Å²) >= 11 is 1.10. The summed E-state index contributed by atoms with van der Waals surface area (Å²) in [5.74, 6) is -0.634. The number of carbonyl (C=O) groups excluding carboxylic acids is 1. The van der Waals surface area contributed by atoms with Gasteiger partial charge in [0.05, 0.1) is 32.1 Å². The van der Waals surface area contributed by atoms with Gasteiger partial charge in [0.1, 0.15) is 0 Å². The van der Waals surface area contributed by atoms with Crippen molar-refractivity contribution in [2.45, 2.75) is 29.2 Å². The van der Waals surface area contributed by atoms with Gasteiger partial charge in [0, 0.05) is 38.0 Å². The van der Waals surface area contributed by atoms with E-state index in [-0.39, 0.29) is 41.3 Å². The Morgan fingerprint density at radius 1 is 1.05 bits per heavy atom. The quantitative estimate of drug-likeness (QED) is 0.370. The van der Waals surface area contributed by atoms with Gasteiger partial charge in [-0.15, -0.1) is 6.58 Å². The molecule has 192 valence electrons. The van der Waals surface area contributed by atoms with Crippen LogP contribution in [-0.4, -0.2) is 44.7 Å². The average molecular weight is 559 g/mol. The minimum atomic E-state index is -3.98. The monoisotopic (exact) mass is 558 g/mol. The molecule has 2 N–H and O–H groups in total. The standard InChI is InChI=1S/C23H22N6O5S3/c1-2-13-29-20-10-9-19(36(26,31)32)16-21(20)35-23(29)27-22(30)17-5-7-18(8-6-17)37(33,34)28(14-3-11-24)15-4-12-25/h2,5-10,16H,1,3-4,13-15H2,(H2,26,31,32). The molecular weight excluding hydrogens is 536 g/mol. The molecule has 0 aliphatic carbocycles. The number of nitrogens with zero attached hydrogens (tertiary/aromatic N) is 5. The van der Waals surface area contributed by atoms with E-state index < -0.39 is 26.0 Å². The molecule has 14 heteroatoms. The number of rotatable bonds is 10. The minimum Gasteiger partial charge on any atom is -0.312 e. The van der Waals surface area contributed by atoms with Gasteiger partial charge in [-0.2, -0.15) is 19.8 Å². The third-order valence-electron chi connectivity index (χ3n) is 5.18. The summed E-state index contributed by atoms with van der Waals surface area (Å²) in [5.41, 5.74) is 0.771. The lowest BCUT2D eigenvalue weighted by atomic mass is 10.2. The van der Waals surface area contributed by atoms with Crippen molar-refractivity contribution in [1.29, 1.82) is 10.5 Å². The Morgan fingerprint density at radius 2 is 1.65 bits per heavy atom. The van der Waals surface area contributed by atoms with Gasteiger partial charge in [-0.3, -0.25) is 4.79 Å². The SMILES string of the molecule is C=CCn1c(=NC(=O)c2ccc(S(=O)(=O)N(CCC#N)CCC#N)cc2)sc2cc(S(N)(=O)=O)ccc21. The van der Waals surface area contributed by atoms with Crippen LogP contribution >= 0.6 is 11.3 Å². The molecule has 0 saturated heterocycles. The first-order valence-electron chi connectivity index (χ1n) is 10.7. The molecule has 1 aromatic heterocycles. The largest absolute Gasteiger partial charge is 0.312 e. The summed E-state index contributed by atoms with van der Waals surface area (Å²) in [6.45, 7) is 3.90. The Morgan fingerprint density at radius 3 is 2.19 bits per heavy atom. The number of sulfonamides is 2. The van der Waals surface area contributed by atoms with Crippen LogP contribution in [0.5, 0.6) is 0 Å². The van der Waals surface area contributed by atoms with Gasteiger partial charge in [0.15, 0.2) is 4.80 Å². The molecule has 0 fully saturated rings. The van der Waals surface area contributed by atoms with E-state index in [1.807, 2.05) is 12.1 Å². The number of benzene rings is 2. The van der Waals surface area contributed by atoms with Crippen molar-refractivity contribution >= 4 is 47.5 Å². The smallest absolute Gasteiger partial charge is 0.279 e. The Labute approximate surface area is 218 Å². The third kappa shape index (κ3) is 6.37. The topological polar surface area (TPSA) is 179 Å². The Hall–Kier alpha value is -3.66. The molecule has 11 nitrogen and oxygen atoms in total. The van der Waals surface area contributed by atoms with Crippen molar-refractivity contribution in [2.24, 2.45) is 10.1 Å². The Kier molecular flexibility index (Phi) is 8.75. The number of amides is 1. The number of nitriles is 2. The van der Waals surface area contributed by atoms with Crippen molar-refractivity contribution in [1.82, 2.24) is 8.87 Å². The van der Waals surface area contributed by atoms with E-state index >= 15 is 0 Å². The number of carbonyl (C=O) groups is 1. The fraction of sp³-hybridized carbons (Fsp3) is 0.217. The van der Waals surface area contributed by atoms with E-state index in [0.717, 1.165) is 15.6 Å². The Balaban J connectivity index is 1.97. The number of primary sulfonamides is 1. The maximum absolute atomic E-state index is 13.0. The number of fused-ring (bicyclic) bond motifs is 1. The maximum Gasteiger partial charge on any atom is 0.279 e. The van der Waals surface area contributed by atoms with Crippen molar-refractivity contribution in [3.8, 4) is 12.1 Å². The first-order valence-corrected chi connectivity index (χ1v) is 14.5. The number of thiazole rings is 1. The number of nitrogens with two attached hydrogens (primary N) is 1. The molecule has 2 aromatic carbocycles. The van der Waals surface area contributed by atoms with Crippen LogP contribution in [0.25, 0.3) is 10.2 Å². The lowest BCUT2D eigenvalue weighted by Crippen LogP contribution is -2.32. The molecular formula is C23H22N6O5S3. The number of aromatic nitrogens is 1. The molecule has 1 amide bonds. The highest BCUT2D eigenvalue weighted by Crippen LogP contribution is 2.22. The van der Waals surface area contributed by atoms with E-state index in [1.165, 1.54) is 36.4 Å². The van der Waals surface area contributed by atoms with Gasteiger partial charge in [-0.05, 0) is 42.5 Å². The summed E-state index contributed by atoms with van der Waals surface area (Å²) < 4.78 is 52.7. The van der Waals surface area contributed by atoms with Gasteiger partial charge in [0.2, 0.25) is 20.0 Å². The molecule has 0 spiro atoms. The van der Waals surface area contributed by atoms with Gasteiger partial charge < -0.3 is 4.57 Å². The van der Waals surface area contributed by atoms with E-state index in [0.29, 0.717) is 21.6 Å². The molecule has 1 heterocycles. The number of hydrogen-bond acceptors (Lipinski definition) is 8. The highest BCUT2D eigenvalue weighted by molar-refractivity contribution is 7.89. The van der Waals surface area contributed by atoms with Crippen LogP contribution in [0.3, 0.4) is 0 Å². The van der Waals surface area contributed by atoms with Crippen LogP contribution in [0.4, 0.5) is 0 Å². The van der Waals surface area contributed by atoms with Gasteiger partial charge in [-0.25, -0.2) is 22.0 Å². The predicted molar refractivity (Wildman–Crippen MR) is 137 cm³/mol. The van der Waals surface area contributed by atoms with Gasteiger partial charge >= 0.3 is 0 Å². The van der Waals surface area contributed by atoms with Crippen molar-refractivity contribution in [3.05, 3.63) is 65.5 Å². The molecule has 3 aromatic rings. The average Bonchev–Trinajstić information content (AvgIpc) is 3.19. The van der Waals surface area contributed by atoms with Crippen molar-refractivity contribution < 1.29 is 21.6 Å². The second kappa shape index (κ2) is 11.6. The second-order valence-electron chi connectivity index (χ2n) is 7.62. The van der Waals surface area contributed by atoms with E-state index in [9.17, 15) is 21.6 Å². The first-order chi connectivity index (χ1) is 17.5. The van der Waals surface area contributed by atoms with E-state index in [1.54, 1.807) is 16.7 Å². The van der Waals surface area contributed by atoms with Crippen LogP contribution in [-0.2, 0) is 26.6 Å². The maximum atomic E-state index is 13.0. The van der Waals surface area contributed by atoms with Crippen LogP contribution < -0.4 is 9.94 Å². The fourth-order valence-corrected chi connectivity index (χ4v) is 6.53. The summed E-state index contributed by atoms with van der Waals surface area (Å²) in [6.07, 6.45) is 1.55. The summed E-state index contributed by atoms with van der Waals surface area (Å²) in [5, 5.41) is 22.9. The van der Waals surface area contributed by atoms with Crippen LogP contribution in [0.1, 0.15) is 23.2 Å². The summed E-state index contributed by atoms with van der Waals surface area (Å²) in [7, 11) is -7.89. The zero-order valence-electron chi connectivity index (χ0n) is 19.4. The highest BCUT2D eigenvalue weighted by atomic mass is 32.2. The third-order valence-corrected chi connectivity index (χ3v) is 9.04. The molecule has 0 unspecified atom stereocenters. The molecule has 0 radical (unpaired) electrons. The summed E-state index contributed by atoms with van der Waals surface area (Å²) in [6, 6.07) is 13.3. The van der Waals surface area contributed by atoms with Crippen molar-refractivity contribution in [2.75, 3.05) is 13.1 Å². The van der Waals surface area contributed by atoms with Crippen LogP contribution in [0.2, 0.25) is 0 Å². The van der Waals surface area contributed by atoms with Crippen LogP contribution in [0.15, 0.2) is 69.9 Å². The zero-order chi connectivity index (χ0) is 27.2. The molecule has 0 atom stereocenters. The van der Waals surface area contributed by atoms with Gasteiger partial charge in [-0.1, -0.05) is 17.4 Å². The number of allylic oxidation sites excluding steroid dienone is 1. The van der Waals surface area contributed by atoms with E-state index in [4.69, 9.17) is 15.7 Å². The fourth-order valence-electron chi connectivity index (χ4n) is 3.39. The van der Waals surface area contributed by atoms with E-state index in [2.05, 4.69) is 11.6 Å². The lowest BCUT2D eigenvalue weighted by Gasteiger charge is -2.20.